The lowest BCUT2D eigenvalue weighted by atomic mass is 10.1. The number of hydrogen-bond acceptors (Lipinski definition) is 3. The van der Waals surface area contributed by atoms with E-state index in [4.69, 9.17) is 0 Å². The van der Waals surface area contributed by atoms with Crippen molar-refractivity contribution in [1.29, 1.82) is 0 Å². The van der Waals surface area contributed by atoms with Crippen molar-refractivity contribution in [3.05, 3.63) is 46.8 Å². The average molecular weight is 287 g/mol. The van der Waals surface area contributed by atoms with E-state index in [-0.39, 0.29) is 0 Å². The van der Waals surface area contributed by atoms with Crippen LogP contribution < -0.4 is 5.32 Å². The lowest BCUT2D eigenvalue weighted by Gasteiger charge is -2.07. The maximum absolute atomic E-state index is 9.55. The van der Waals surface area contributed by atoms with Gasteiger partial charge in [0.05, 0.1) is 12.2 Å². The first-order valence-electron chi connectivity index (χ1n) is 7.63. The molecule has 0 saturated carbocycles. The fraction of sp³-hybridized carbons (Fsp3) is 0.471. The highest BCUT2D eigenvalue weighted by molar-refractivity contribution is 5.29. The molecule has 1 aromatic carbocycles. The van der Waals surface area contributed by atoms with Crippen LogP contribution in [0.15, 0.2) is 24.3 Å². The first kappa shape index (κ1) is 15.6. The molecule has 2 rings (SSSR count). The Kier molecular flexibility index (Phi) is 5.39. The van der Waals surface area contributed by atoms with Gasteiger partial charge >= 0.3 is 0 Å². The predicted octanol–water partition coefficient (Wildman–Crippen LogP) is 2.80. The third-order valence-electron chi connectivity index (χ3n) is 3.75. The Morgan fingerprint density at radius 2 is 2.05 bits per heavy atom. The maximum atomic E-state index is 9.55. The molecule has 0 bridgehead atoms. The summed E-state index contributed by atoms with van der Waals surface area (Å²) in [5, 5.41) is 17.6. The van der Waals surface area contributed by atoms with Gasteiger partial charge in [0.1, 0.15) is 5.75 Å². The van der Waals surface area contributed by atoms with Crippen molar-refractivity contribution >= 4 is 0 Å². The van der Waals surface area contributed by atoms with E-state index in [0.29, 0.717) is 12.3 Å². The van der Waals surface area contributed by atoms with Crippen LogP contribution in [0.4, 0.5) is 0 Å². The summed E-state index contributed by atoms with van der Waals surface area (Å²) in [7, 11) is 0. The van der Waals surface area contributed by atoms with Gasteiger partial charge in [-0.2, -0.15) is 5.10 Å². The van der Waals surface area contributed by atoms with Crippen LogP contribution in [-0.4, -0.2) is 28.0 Å². The maximum Gasteiger partial charge on any atom is 0.115 e. The first-order chi connectivity index (χ1) is 10.1. The summed E-state index contributed by atoms with van der Waals surface area (Å²) in [6.45, 7) is 9.13. The van der Waals surface area contributed by atoms with Crippen LogP contribution in [0.25, 0.3) is 0 Å². The van der Waals surface area contributed by atoms with Crippen molar-refractivity contribution in [2.75, 3.05) is 13.1 Å². The number of phenolic OH excluding ortho intramolecular Hbond substituents is 1. The van der Waals surface area contributed by atoms with Gasteiger partial charge in [-0.15, -0.1) is 0 Å². The Bertz CT molecular complexity index is 590. The number of aromatic nitrogens is 2. The number of rotatable bonds is 7. The highest BCUT2D eigenvalue weighted by Crippen LogP contribution is 2.17. The molecule has 0 aliphatic carbocycles. The lowest BCUT2D eigenvalue weighted by Crippen LogP contribution is -2.18. The largest absolute Gasteiger partial charge is 0.508 e. The quantitative estimate of drug-likeness (QED) is 0.770. The molecule has 4 heteroatoms. The summed E-state index contributed by atoms with van der Waals surface area (Å²) in [5.41, 5.74) is 4.72. The van der Waals surface area contributed by atoms with Gasteiger partial charge in [0.2, 0.25) is 0 Å². The SMILES string of the molecule is CCCNCCc1c(C)nn(Cc2cccc(O)c2)c1C. The van der Waals surface area contributed by atoms with Gasteiger partial charge in [-0.25, -0.2) is 0 Å². The summed E-state index contributed by atoms with van der Waals surface area (Å²) in [6, 6.07) is 7.36. The minimum Gasteiger partial charge on any atom is -0.508 e. The molecule has 0 radical (unpaired) electrons. The van der Waals surface area contributed by atoms with Crippen LogP contribution in [0.5, 0.6) is 5.75 Å². The Hall–Kier alpha value is -1.81. The number of nitrogens with zero attached hydrogens (tertiary/aromatic N) is 2. The fourth-order valence-corrected chi connectivity index (χ4v) is 2.59. The van der Waals surface area contributed by atoms with Crippen LogP contribution in [0.2, 0.25) is 0 Å². The van der Waals surface area contributed by atoms with Crippen molar-refractivity contribution in [1.82, 2.24) is 15.1 Å². The lowest BCUT2D eigenvalue weighted by molar-refractivity contribution is 0.474. The first-order valence-corrected chi connectivity index (χ1v) is 7.63. The highest BCUT2D eigenvalue weighted by atomic mass is 16.3. The molecule has 0 atom stereocenters. The van der Waals surface area contributed by atoms with Gasteiger partial charge in [0.15, 0.2) is 0 Å². The number of nitrogens with one attached hydrogen (secondary N) is 1. The summed E-state index contributed by atoms with van der Waals surface area (Å²) >= 11 is 0. The molecule has 1 heterocycles. The molecule has 0 saturated heterocycles. The van der Waals surface area contributed by atoms with Crippen LogP contribution in [0.1, 0.15) is 35.9 Å². The second-order valence-electron chi connectivity index (χ2n) is 5.48. The molecule has 0 spiro atoms. The molecule has 1 aromatic heterocycles. The summed E-state index contributed by atoms with van der Waals surface area (Å²) in [5.74, 6) is 0.304. The topological polar surface area (TPSA) is 50.1 Å². The smallest absolute Gasteiger partial charge is 0.115 e. The number of aryl methyl sites for hydroxylation is 1. The molecule has 4 nitrogen and oxygen atoms in total. The predicted molar refractivity (Wildman–Crippen MR) is 85.8 cm³/mol. The molecule has 0 aliphatic rings. The van der Waals surface area contributed by atoms with E-state index < -0.39 is 0 Å². The van der Waals surface area contributed by atoms with Gasteiger partial charge in [0.25, 0.3) is 0 Å². The van der Waals surface area contributed by atoms with Gasteiger partial charge in [-0.3, -0.25) is 4.68 Å². The number of hydrogen-bond donors (Lipinski definition) is 2. The second kappa shape index (κ2) is 7.27. The van der Waals surface area contributed by atoms with Crippen molar-refractivity contribution < 1.29 is 5.11 Å². The monoisotopic (exact) mass is 287 g/mol. The molecule has 2 N–H and O–H groups in total. The Morgan fingerprint density at radius 1 is 1.24 bits per heavy atom. The summed E-state index contributed by atoms with van der Waals surface area (Å²) in [4.78, 5) is 0. The Labute approximate surface area is 126 Å². The van der Waals surface area contributed by atoms with E-state index >= 15 is 0 Å². The van der Waals surface area contributed by atoms with Crippen molar-refractivity contribution in [2.24, 2.45) is 0 Å². The average Bonchev–Trinajstić information content (AvgIpc) is 2.70. The van der Waals surface area contributed by atoms with Crippen LogP contribution in [-0.2, 0) is 13.0 Å². The van der Waals surface area contributed by atoms with Gasteiger partial charge in [-0.05, 0) is 63.0 Å². The zero-order valence-electron chi connectivity index (χ0n) is 13.2. The molecule has 114 valence electrons. The van der Waals surface area contributed by atoms with E-state index in [9.17, 15) is 5.11 Å². The highest BCUT2D eigenvalue weighted by Gasteiger charge is 2.11. The normalized spacial score (nSPS) is 11.0. The minimum atomic E-state index is 0.304. The summed E-state index contributed by atoms with van der Waals surface area (Å²) < 4.78 is 2.03. The van der Waals surface area contributed by atoms with E-state index in [1.54, 1.807) is 12.1 Å². The zero-order valence-corrected chi connectivity index (χ0v) is 13.2. The van der Waals surface area contributed by atoms with Crippen molar-refractivity contribution in [3.8, 4) is 5.75 Å². The molecule has 2 aromatic rings. The van der Waals surface area contributed by atoms with Gasteiger partial charge in [-0.1, -0.05) is 19.1 Å². The number of aromatic hydroxyl groups is 1. The van der Waals surface area contributed by atoms with E-state index in [1.807, 2.05) is 16.8 Å². The standard InChI is InChI=1S/C17H25N3O/c1-4-9-18-10-8-17-13(2)19-20(14(17)3)12-15-6-5-7-16(21)11-15/h5-7,11,18,21H,4,8-10,12H2,1-3H3. The molecule has 0 amide bonds. The van der Waals surface area contributed by atoms with Crippen molar-refractivity contribution in [3.63, 3.8) is 0 Å². The number of phenols is 1. The molecule has 0 unspecified atom stereocenters. The molecular formula is C17H25N3O. The molecular weight excluding hydrogens is 262 g/mol. The molecule has 0 fully saturated rings. The van der Waals surface area contributed by atoms with Crippen LogP contribution in [0, 0.1) is 13.8 Å². The third-order valence-corrected chi connectivity index (χ3v) is 3.75. The van der Waals surface area contributed by atoms with E-state index in [2.05, 4.69) is 31.2 Å². The van der Waals surface area contributed by atoms with Gasteiger partial charge < -0.3 is 10.4 Å². The van der Waals surface area contributed by atoms with Crippen molar-refractivity contribution in [2.45, 2.75) is 40.2 Å². The Morgan fingerprint density at radius 3 is 2.76 bits per heavy atom. The number of benzene rings is 1. The van der Waals surface area contributed by atoms with E-state index in [1.165, 1.54) is 11.3 Å². The molecule has 21 heavy (non-hydrogen) atoms. The Balaban J connectivity index is 2.07. The van der Waals surface area contributed by atoms with Crippen LogP contribution >= 0.6 is 0 Å². The minimum absolute atomic E-state index is 0.304. The third kappa shape index (κ3) is 4.08. The summed E-state index contributed by atoms with van der Waals surface area (Å²) in [6.07, 6.45) is 2.17. The molecule has 0 aliphatic heterocycles. The fourth-order valence-electron chi connectivity index (χ4n) is 2.59. The van der Waals surface area contributed by atoms with Crippen LogP contribution in [0.3, 0.4) is 0 Å². The zero-order chi connectivity index (χ0) is 15.2. The van der Waals surface area contributed by atoms with E-state index in [0.717, 1.165) is 37.2 Å². The van der Waals surface area contributed by atoms with Gasteiger partial charge in [0, 0.05) is 5.69 Å². The second-order valence-corrected chi connectivity index (χ2v) is 5.48.